The maximum atomic E-state index is 12.4. The molecule has 4 aromatic rings. The number of nitrogens with zero attached hydrogens (tertiary/aromatic N) is 4. The predicted molar refractivity (Wildman–Crippen MR) is 127 cm³/mol. The number of hydrogen-bond acceptors (Lipinski definition) is 6. The molecule has 7 heteroatoms. The number of carbonyl (C=O) groups excluding carboxylic acids is 1. The molecule has 1 N–H and O–H groups in total. The molecule has 1 aliphatic rings. The van der Waals surface area contributed by atoms with Crippen LogP contribution in [0.4, 0.5) is 10.6 Å². The van der Waals surface area contributed by atoms with Gasteiger partial charge in [-0.25, -0.2) is 9.78 Å². The van der Waals surface area contributed by atoms with E-state index in [2.05, 4.69) is 9.88 Å². The van der Waals surface area contributed by atoms with Gasteiger partial charge in [0.1, 0.15) is 18.2 Å². The molecule has 0 saturated carbocycles. The van der Waals surface area contributed by atoms with E-state index in [9.17, 15) is 9.90 Å². The standard InChI is InChI=1S/C26H24N4O3/c31-22-9-6-20(7-10-22)21-8-11-23-24(16-21)28-25(17-27-23)29-12-14-30(15-13-29)26(32)33-18-19-4-2-1-3-5-19/h1-11,16-17,31H,12-15,18H2. The second kappa shape index (κ2) is 9.16. The zero-order chi connectivity index (χ0) is 22.6. The molecule has 0 aliphatic carbocycles. The van der Waals surface area contributed by atoms with Crippen LogP contribution in [0.2, 0.25) is 0 Å². The number of ether oxygens (including phenoxy) is 1. The maximum Gasteiger partial charge on any atom is 0.410 e. The molecule has 0 spiro atoms. The molecule has 1 fully saturated rings. The molecule has 1 aromatic heterocycles. The molecular formula is C26H24N4O3. The first-order valence-corrected chi connectivity index (χ1v) is 10.9. The number of fused-ring (bicyclic) bond motifs is 1. The Bertz CT molecular complexity index is 1250. The molecule has 1 amide bonds. The molecular weight excluding hydrogens is 416 g/mol. The van der Waals surface area contributed by atoms with Gasteiger partial charge >= 0.3 is 6.09 Å². The number of anilines is 1. The Labute approximate surface area is 191 Å². The summed E-state index contributed by atoms with van der Waals surface area (Å²) in [6.45, 7) is 2.75. The summed E-state index contributed by atoms with van der Waals surface area (Å²) in [7, 11) is 0. The third kappa shape index (κ3) is 4.72. The summed E-state index contributed by atoms with van der Waals surface area (Å²) in [4.78, 5) is 25.7. The van der Waals surface area contributed by atoms with E-state index in [1.807, 2.05) is 60.7 Å². The second-order valence-electron chi connectivity index (χ2n) is 7.99. The van der Waals surface area contributed by atoms with E-state index in [0.717, 1.165) is 33.5 Å². The topological polar surface area (TPSA) is 78.8 Å². The Morgan fingerprint density at radius 3 is 2.36 bits per heavy atom. The first-order valence-electron chi connectivity index (χ1n) is 10.9. The van der Waals surface area contributed by atoms with E-state index in [1.54, 1.807) is 23.2 Å². The smallest absolute Gasteiger partial charge is 0.410 e. The molecule has 2 heterocycles. The minimum Gasteiger partial charge on any atom is -0.508 e. The monoisotopic (exact) mass is 440 g/mol. The number of aromatic hydroxyl groups is 1. The van der Waals surface area contributed by atoms with Crippen LogP contribution in [0.25, 0.3) is 22.2 Å². The molecule has 1 saturated heterocycles. The van der Waals surface area contributed by atoms with Crippen LogP contribution in [0.3, 0.4) is 0 Å². The number of amides is 1. The van der Waals surface area contributed by atoms with Crippen molar-refractivity contribution in [1.29, 1.82) is 0 Å². The molecule has 1 aliphatic heterocycles. The number of phenolic OH excluding ortho intramolecular Hbond substituents is 1. The molecule has 0 unspecified atom stereocenters. The van der Waals surface area contributed by atoms with Gasteiger partial charge in [-0.05, 0) is 41.0 Å². The number of benzene rings is 3. The van der Waals surface area contributed by atoms with Crippen molar-refractivity contribution < 1.29 is 14.6 Å². The summed E-state index contributed by atoms with van der Waals surface area (Å²) in [5.74, 6) is 1.03. The zero-order valence-corrected chi connectivity index (χ0v) is 18.1. The van der Waals surface area contributed by atoms with Gasteiger partial charge in [0, 0.05) is 26.2 Å². The summed E-state index contributed by atoms with van der Waals surface area (Å²) >= 11 is 0. The Balaban J connectivity index is 1.24. The highest BCUT2D eigenvalue weighted by Gasteiger charge is 2.23. The van der Waals surface area contributed by atoms with Crippen LogP contribution in [0.15, 0.2) is 79.0 Å². The zero-order valence-electron chi connectivity index (χ0n) is 18.1. The van der Waals surface area contributed by atoms with Gasteiger partial charge in [-0.1, -0.05) is 48.5 Å². The predicted octanol–water partition coefficient (Wildman–Crippen LogP) is 4.46. The van der Waals surface area contributed by atoms with Gasteiger partial charge in [-0.15, -0.1) is 0 Å². The molecule has 0 atom stereocenters. The molecule has 3 aromatic carbocycles. The minimum absolute atomic E-state index is 0.240. The van der Waals surface area contributed by atoms with Gasteiger partial charge in [0.25, 0.3) is 0 Å². The highest BCUT2D eigenvalue weighted by Crippen LogP contribution is 2.26. The van der Waals surface area contributed by atoms with Crippen molar-refractivity contribution >= 4 is 22.9 Å². The fourth-order valence-electron chi connectivity index (χ4n) is 3.92. The van der Waals surface area contributed by atoms with Gasteiger partial charge in [0.15, 0.2) is 0 Å². The Morgan fingerprint density at radius 1 is 0.879 bits per heavy atom. The summed E-state index contributed by atoms with van der Waals surface area (Å²) in [6, 6.07) is 22.8. The summed E-state index contributed by atoms with van der Waals surface area (Å²) < 4.78 is 5.45. The Kier molecular flexibility index (Phi) is 5.76. The van der Waals surface area contributed by atoms with Gasteiger partial charge < -0.3 is 19.6 Å². The van der Waals surface area contributed by atoms with Crippen molar-refractivity contribution in [2.24, 2.45) is 0 Å². The van der Waals surface area contributed by atoms with Crippen molar-refractivity contribution in [1.82, 2.24) is 14.9 Å². The Hall–Kier alpha value is -4.13. The maximum absolute atomic E-state index is 12.4. The van der Waals surface area contributed by atoms with Gasteiger partial charge in [-0.2, -0.15) is 0 Å². The largest absolute Gasteiger partial charge is 0.508 e. The number of piperazine rings is 1. The van der Waals surface area contributed by atoms with E-state index in [1.165, 1.54) is 0 Å². The Morgan fingerprint density at radius 2 is 1.61 bits per heavy atom. The summed E-state index contributed by atoms with van der Waals surface area (Å²) in [6.07, 6.45) is 1.49. The van der Waals surface area contributed by atoms with Crippen molar-refractivity contribution in [3.8, 4) is 16.9 Å². The van der Waals surface area contributed by atoms with Crippen LogP contribution in [-0.2, 0) is 11.3 Å². The average Bonchev–Trinajstić information content (AvgIpc) is 2.88. The van der Waals surface area contributed by atoms with E-state index < -0.39 is 0 Å². The van der Waals surface area contributed by atoms with Crippen LogP contribution in [0, 0.1) is 0 Å². The summed E-state index contributed by atoms with van der Waals surface area (Å²) in [5, 5.41) is 9.53. The average molecular weight is 441 g/mol. The molecule has 0 radical (unpaired) electrons. The van der Waals surface area contributed by atoms with Crippen molar-refractivity contribution in [2.75, 3.05) is 31.1 Å². The number of hydrogen-bond donors (Lipinski definition) is 1. The molecule has 0 bridgehead atoms. The van der Waals surface area contributed by atoms with Gasteiger partial charge in [-0.3, -0.25) is 4.98 Å². The fraction of sp³-hybridized carbons (Fsp3) is 0.192. The number of rotatable bonds is 4. The van der Waals surface area contributed by atoms with Gasteiger partial charge in [0.05, 0.1) is 17.2 Å². The first kappa shape index (κ1) is 20.8. The number of aromatic nitrogens is 2. The lowest BCUT2D eigenvalue weighted by atomic mass is 10.0. The van der Waals surface area contributed by atoms with E-state index in [-0.39, 0.29) is 18.4 Å². The third-order valence-electron chi connectivity index (χ3n) is 5.80. The molecule has 7 nitrogen and oxygen atoms in total. The number of phenols is 1. The van der Waals surface area contributed by atoms with Crippen LogP contribution in [-0.4, -0.2) is 52.2 Å². The van der Waals surface area contributed by atoms with E-state index in [0.29, 0.717) is 26.2 Å². The SMILES string of the molecule is O=C(OCc1ccccc1)N1CCN(c2cnc3ccc(-c4ccc(O)cc4)cc3n2)CC1. The molecule has 5 rings (SSSR count). The van der Waals surface area contributed by atoms with Crippen molar-refractivity contribution in [3.63, 3.8) is 0 Å². The fourth-order valence-corrected chi connectivity index (χ4v) is 3.92. The van der Waals surface area contributed by atoms with Crippen LogP contribution in [0.5, 0.6) is 5.75 Å². The first-order chi connectivity index (χ1) is 16.2. The van der Waals surface area contributed by atoms with E-state index >= 15 is 0 Å². The van der Waals surface area contributed by atoms with Crippen LogP contribution >= 0.6 is 0 Å². The quantitative estimate of drug-likeness (QED) is 0.505. The third-order valence-corrected chi connectivity index (χ3v) is 5.80. The lowest BCUT2D eigenvalue weighted by Crippen LogP contribution is -2.49. The molecule has 33 heavy (non-hydrogen) atoms. The van der Waals surface area contributed by atoms with Crippen molar-refractivity contribution in [3.05, 3.63) is 84.6 Å². The summed E-state index contributed by atoms with van der Waals surface area (Å²) in [5.41, 5.74) is 4.62. The molecule has 166 valence electrons. The van der Waals surface area contributed by atoms with Gasteiger partial charge in [0.2, 0.25) is 0 Å². The van der Waals surface area contributed by atoms with Crippen molar-refractivity contribution in [2.45, 2.75) is 6.61 Å². The lowest BCUT2D eigenvalue weighted by Gasteiger charge is -2.34. The minimum atomic E-state index is -0.290. The van der Waals surface area contributed by atoms with E-state index in [4.69, 9.17) is 9.72 Å². The van der Waals surface area contributed by atoms with Crippen LogP contribution < -0.4 is 4.90 Å². The highest BCUT2D eigenvalue weighted by molar-refractivity contribution is 5.82. The second-order valence-corrected chi connectivity index (χ2v) is 7.99. The lowest BCUT2D eigenvalue weighted by molar-refractivity contribution is 0.0941. The number of carbonyl (C=O) groups is 1. The highest BCUT2D eigenvalue weighted by atomic mass is 16.6. The van der Waals surface area contributed by atoms with Crippen LogP contribution in [0.1, 0.15) is 5.56 Å². The normalized spacial score (nSPS) is 13.8.